The van der Waals surface area contributed by atoms with E-state index in [1.54, 1.807) is 18.2 Å². The molecule has 0 amide bonds. The molecule has 9 N–H and O–H groups in total. The van der Waals surface area contributed by atoms with E-state index in [-0.39, 0.29) is 42.1 Å². The van der Waals surface area contributed by atoms with Gasteiger partial charge in [0.1, 0.15) is 34.9 Å². The summed E-state index contributed by atoms with van der Waals surface area (Å²) in [6.45, 7) is -0.321. The van der Waals surface area contributed by atoms with Crippen LogP contribution in [0.5, 0.6) is 5.75 Å². The van der Waals surface area contributed by atoms with E-state index in [9.17, 15) is 40.2 Å². The molecule has 12 heteroatoms. The number of carbonyl (C=O) groups is 2. The highest BCUT2D eigenvalue weighted by Crippen LogP contribution is 2.52. The zero-order valence-corrected chi connectivity index (χ0v) is 26.7. The molecule has 258 valence electrons. The Kier molecular flexibility index (Phi) is 8.50. The number of hydrogen-bond acceptors (Lipinski definition) is 12. The van der Waals surface area contributed by atoms with Crippen LogP contribution in [-0.2, 0) is 17.8 Å². The lowest BCUT2D eigenvalue weighted by molar-refractivity contribution is -0.376. The van der Waals surface area contributed by atoms with E-state index in [1.807, 2.05) is 24.3 Å². The molecule has 1 saturated heterocycles. The zero-order chi connectivity index (χ0) is 34.7. The largest absolute Gasteiger partial charge is 0.511 e. The second-order valence-electron chi connectivity index (χ2n) is 13.6. The number of aliphatic hydroxyl groups is 6. The Morgan fingerprint density at radius 2 is 1.80 bits per heavy atom. The zero-order valence-electron chi connectivity index (χ0n) is 26.7. The van der Waals surface area contributed by atoms with Gasteiger partial charge in [-0.25, -0.2) is 0 Å². The molecule has 49 heavy (non-hydrogen) atoms. The first-order valence-corrected chi connectivity index (χ1v) is 16.4. The first kappa shape index (κ1) is 33.2. The van der Waals surface area contributed by atoms with Gasteiger partial charge in [0.25, 0.3) is 0 Å². The van der Waals surface area contributed by atoms with Gasteiger partial charge >= 0.3 is 0 Å². The van der Waals surface area contributed by atoms with E-state index in [4.69, 9.17) is 15.2 Å². The number of allylic oxidation sites excluding steroid dienone is 6. The molecular weight excluding hydrogens is 632 g/mol. The molecule has 7 rings (SSSR count). The van der Waals surface area contributed by atoms with E-state index in [1.165, 1.54) is 24.3 Å². The van der Waals surface area contributed by atoms with Gasteiger partial charge in [0.05, 0.1) is 36.4 Å². The maximum absolute atomic E-state index is 14.1. The molecular formula is C37H40N2O10. The second kappa shape index (κ2) is 12.5. The van der Waals surface area contributed by atoms with Gasteiger partial charge in [-0.1, -0.05) is 48.6 Å². The molecule has 8 atom stereocenters. The van der Waals surface area contributed by atoms with Crippen molar-refractivity contribution in [2.75, 3.05) is 13.2 Å². The predicted octanol–water partition coefficient (Wildman–Crippen LogP) is 1.46. The Morgan fingerprint density at radius 1 is 1.02 bits per heavy atom. The van der Waals surface area contributed by atoms with E-state index in [0.717, 1.165) is 16.7 Å². The average molecular weight is 673 g/mol. The number of rotatable bonds is 8. The molecule has 12 nitrogen and oxygen atoms in total. The van der Waals surface area contributed by atoms with E-state index in [2.05, 4.69) is 5.32 Å². The maximum Gasteiger partial charge on any atom is 0.229 e. The van der Waals surface area contributed by atoms with Gasteiger partial charge in [0, 0.05) is 12.1 Å². The highest BCUT2D eigenvalue weighted by molar-refractivity contribution is 6.19. The van der Waals surface area contributed by atoms with Crippen molar-refractivity contribution in [1.82, 2.24) is 5.32 Å². The Bertz CT molecular complexity index is 1820. The van der Waals surface area contributed by atoms with Gasteiger partial charge in [0.15, 0.2) is 11.6 Å². The Hall–Kier alpha value is -4.30. The van der Waals surface area contributed by atoms with Gasteiger partial charge < -0.3 is 51.2 Å². The molecule has 2 aromatic rings. The van der Waals surface area contributed by atoms with Crippen molar-refractivity contribution < 1.29 is 49.7 Å². The van der Waals surface area contributed by atoms with Gasteiger partial charge in [0.2, 0.25) is 6.29 Å². The van der Waals surface area contributed by atoms with Crippen LogP contribution >= 0.6 is 0 Å². The number of carbonyl (C=O) groups excluding carboxylic acids is 2. The number of fused-ring (bicyclic) bond motifs is 4. The summed E-state index contributed by atoms with van der Waals surface area (Å²) in [6.07, 6.45) is 2.72. The quantitative estimate of drug-likeness (QED) is 0.200. The van der Waals surface area contributed by atoms with Crippen LogP contribution in [0.2, 0.25) is 0 Å². The number of ketones is 2. The second-order valence-corrected chi connectivity index (χ2v) is 13.6. The highest BCUT2D eigenvalue weighted by Gasteiger charge is 2.68. The molecule has 0 radical (unpaired) electrons. The molecule has 2 aliphatic heterocycles. The summed E-state index contributed by atoms with van der Waals surface area (Å²) in [5.74, 6) is -3.75. The van der Waals surface area contributed by atoms with E-state index in [0.29, 0.717) is 30.8 Å². The SMILES string of the molecule is NC1=CC(CC2CCC3(CO)OC(Oc4cccc5c4C(=O)C4C(O)=CC(Cc6cccc(CO)c6)=CC4C5=O)C(O)C2(O)C3O)=CCN1. The summed E-state index contributed by atoms with van der Waals surface area (Å²) in [7, 11) is 0. The molecule has 2 bridgehead atoms. The van der Waals surface area contributed by atoms with Crippen molar-refractivity contribution in [2.24, 2.45) is 23.5 Å². The standard InChI is InChI=1S/C37H40N2O10/c38-28-16-20(8-10-39-28)13-23-7-9-36(18-41)35(46)37(23,47)33(45)34(49-36)48-27-6-2-5-24-30(27)32(44)29-25(31(24)43)14-22(15-26(29)42)12-19-3-1-4-21(11-19)17-40/h1-6,8,11,14-16,23,25,29,33-35,39-42,45-47H,7,9-10,12-13,17-18,38H2. The molecule has 5 aliphatic rings. The Balaban J connectivity index is 1.19. The number of benzene rings is 2. The van der Waals surface area contributed by atoms with Crippen LogP contribution in [0, 0.1) is 17.8 Å². The minimum absolute atomic E-state index is 0.0672. The topological polar surface area (TPSA) is 212 Å². The fourth-order valence-corrected chi connectivity index (χ4v) is 8.16. The first-order valence-electron chi connectivity index (χ1n) is 16.4. The van der Waals surface area contributed by atoms with Crippen molar-refractivity contribution in [3.05, 3.63) is 112 Å². The predicted molar refractivity (Wildman–Crippen MR) is 175 cm³/mol. The lowest BCUT2D eigenvalue weighted by Gasteiger charge is -2.59. The van der Waals surface area contributed by atoms with Crippen LogP contribution in [0.1, 0.15) is 51.1 Å². The van der Waals surface area contributed by atoms with E-state index < -0.39 is 65.6 Å². The van der Waals surface area contributed by atoms with Crippen molar-refractivity contribution in [3.8, 4) is 5.75 Å². The summed E-state index contributed by atoms with van der Waals surface area (Å²) in [5, 5.41) is 69.2. The number of hydrogen-bond donors (Lipinski definition) is 8. The lowest BCUT2D eigenvalue weighted by atomic mass is 9.60. The van der Waals surface area contributed by atoms with Crippen LogP contribution in [-0.4, -0.2) is 85.1 Å². The number of aliphatic hydroxyl groups excluding tert-OH is 5. The molecule has 0 spiro atoms. The Labute approximate surface area is 282 Å². The fraction of sp³-hybridized carbons (Fsp3) is 0.405. The highest BCUT2D eigenvalue weighted by atomic mass is 16.7. The monoisotopic (exact) mass is 672 g/mol. The minimum atomic E-state index is -2.18. The number of nitrogens with one attached hydrogen (secondary N) is 1. The van der Waals surface area contributed by atoms with Crippen LogP contribution < -0.4 is 15.8 Å². The fourth-order valence-electron chi connectivity index (χ4n) is 8.16. The van der Waals surface area contributed by atoms with Crippen molar-refractivity contribution >= 4 is 11.6 Å². The molecule has 2 aromatic carbocycles. The summed E-state index contributed by atoms with van der Waals surface area (Å²) >= 11 is 0. The number of dihydropyridines is 1. The summed E-state index contributed by atoms with van der Waals surface area (Å²) < 4.78 is 12.2. The van der Waals surface area contributed by atoms with Crippen LogP contribution in [0.15, 0.2) is 89.5 Å². The average Bonchev–Trinajstić information content (AvgIpc) is 3.09. The van der Waals surface area contributed by atoms with Crippen molar-refractivity contribution in [2.45, 2.75) is 62.0 Å². The van der Waals surface area contributed by atoms with Gasteiger partial charge in [-0.3, -0.25) is 9.59 Å². The van der Waals surface area contributed by atoms with E-state index >= 15 is 0 Å². The molecule has 0 aromatic heterocycles. The third kappa shape index (κ3) is 5.49. The van der Waals surface area contributed by atoms with Crippen LogP contribution in [0.4, 0.5) is 0 Å². The van der Waals surface area contributed by atoms with Crippen LogP contribution in [0.3, 0.4) is 0 Å². The normalized spacial score (nSPS) is 33.7. The number of ether oxygens (including phenoxy) is 2. The third-order valence-electron chi connectivity index (χ3n) is 10.7. The molecule has 3 aliphatic carbocycles. The van der Waals surface area contributed by atoms with Crippen molar-refractivity contribution in [1.29, 1.82) is 0 Å². The van der Waals surface area contributed by atoms with Gasteiger partial charge in [-0.05, 0) is 72.1 Å². The van der Waals surface area contributed by atoms with Gasteiger partial charge in [-0.2, -0.15) is 0 Å². The summed E-state index contributed by atoms with van der Waals surface area (Å²) in [4.78, 5) is 28.0. The molecule has 8 unspecified atom stereocenters. The maximum atomic E-state index is 14.1. The summed E-state index contributed by atoms with van der Waals surface area (Å²) in [5.41, 5.74) is 5.09. The number of nitrogens with two attached hydrogens (primary N) is 1. The van der Waals surface area contributed by atoms with Crippen molar-refractivity contribution in [3.63, 3.8) is 0 Å². The summed E-state index contributed by atoms with van der Waals surface area (Å²) in [6, 6.07) is 11.7. The first-order chi connectivity index (χ1) is 23.5. The van der Waals surface area contributed by atoms with Gasteiger partial charge in [-0.15, -0.1) is 0 Å². The lowest BCUT2D eigenvalue weighted by Crippen LogP contribution is -2.77. The molecule has 2 heterocycles. The smallest absolute Gasteiger partial charge is 0.229 e. The minimum Gasteiger partial charge on any atom is -0.511 e. The molecule has 1 saturated carbocycles. The number of Topliss-reactive ketones (excluding diaryl/α,β-unsaturated/α-hetero) is 2. The Morgan fingerprint density at radius 3 is 2.55 bits per heavy atom. The molecule has 2 fully saturated rings. The third-order valence-corrected chi connectivity index (χ3v) is 10.7. The van der Waals surface area contributed by atoms with Crippen LogP contribution in [0.25, 0.3) is 0 Å².